The van der Waals surface area contributed by atoms with Gasteiger partial charge in [-0.3, -0.25) is 0 Å². The molecule has 2 heterocycles. The van der Waals surface area contributed by atoms with E-state index in [0.717, 1.165) is 24.3 Å². The van der Waals surface area contributed by atoms with E-state index in [-0.39, 0.29) is 0 Å². The SMILES string of the molecule is O=C(OC[C@H]1O[C@@](CO)(O[C@H]2O[C@H](COC(=O)c3cc(O)c(O)c(O)c3)[C@@H](O)[C@H](O)[C@H]2O)[C@@H](O)[C@@H]1O)c1cc(O)c(O)c(O)c1. The Labute approximate surface area is 251 Å². The van der Waals surface area contributed by atoms with Crippen molar-refractivity contribution < 1.29 is 94.6 Å². The zero-order valence-corrected chi connectivity index (χ0v) is 22.8. The zero-order chi connectivity index (χ0) is 33.4. The predicted molar refractivity (Wildman–Crippen MR) is 138 cm³/mol. The number of carbonyl (C=O) groups is 2. The lowest BCUT2D eigenvalue weighted by Crippen LogP contribution is -2.62. The summed E-state index contributed by atoms with van der Waals surface area (Å²) in [5.41, 5.74) is -0.847. The van der Waals surface area contributed by atoms with Crippen LogP contribution in [-0.2, 0) is 23.7 Å². The highest BCUT2D eigenvalue weighted by atomic mass is 16.8. The van der Waals surface area contributed by atoms with Crippen LogP contribution in [-0.4, -0.2) is 148 Å². The molecule has 45 heavy (non-hydrogen) atoms. The maximum absolute atomic E-state index is 12.4. The van der Waals surface area contributed by atoms with Gasteiger partial charge in [-0.1, -0.05) is 0 Å². The number of phenols is 6. The van der Waals surface area contributed by atoms with Crippen LogP contribution in [0.15, 0.2) is 24.3 Å². The molecule has 0 bridgehead atoms. The lowest BCUT2D eigenvalue weighted by molar-refractivity contribution is -0.383. The Morgan fingerprint density at radius 3 is 1.56 bits per heavy atom. The maximum Gasteiger partial charge on any atom is 0.338 e. The highest BCUT2D eigenvalue weighted by molar-refractivity contribution is 5.91. The number of hydrogen-bond acceptors (Lipinski definition) is 19. The first kappa shape index (κ1) is 33.7. The minimum atomic E-state index is -2.58. The fraction of sp³-hybridized carbons (Fsp3) is 0.462. The van der Waals surface area contributed by atoms with E-state index in [1.165, 1.54) is 0 Å². The lowest BCUT2D eigenvalue weighted by Gasteiger charge is -2.43. The molecule has 2 aromatic carbocycles. The number of ether oxygens (including phenoxy) is 5. The van der Waals surface area contributed by atoms with Crippen molar-refractivity contribution in [2.45, 2.75) is 54.8 Å². The van der Waals surface area contributed by atoms with Crippen molar-refractivity contribution in [3.8, 4) is 34.5 Å². The zero-order valence-electron chi connectivity index (χ0n) is 22.8. The Hall–Kier alpha value is -4.18. The summed E-state index contributed by atoms with van der Waals surface area (Å²) in [5, 5.41) is 120. The number of carbonyl (C=O) groups excluding carboxylic acids is 2. The molecule has 19 nitrogen and oxygen atoms in total. The van der Waals surface area contributed by atoms with Gasteiger partial charge in [0.1, 0.15) is 62.5 Å². The second-order valence-corrected chi connectivity index (χ2v) is 10.1. The molecule has 2 aliphatic rings. The highest BCUT2D eigenvalue weighted by Gasteiger charge is 2.59. The number of aliphatic hydroxyl groups excluding tert-OH is 6. The third kappa shape index (κ3) is 6.61. The first-order valence-electron chi connectivity index (χ1n) is 13.0. The van der Waals surface area contributed by atoms with Gasteiger partial charge in [0.15, 0.2) is 40.8 Å². The molecule has 0 amide bonds. The van der Waals surface area contributed by atoms with Crippen LogP contribution in [0.5, 0.6) is 34.5 Å². The average Bonchev–Trinajstić information content (AvgIpc) is 3.24. The van der Waals surface area contributed by atoms with Gasteiger partial charge in [-0.25, -0.2) is 9.59 Å². The van der Waals surface area contributed by atoms with Gasteiger partial charge in [-0.15, -0.1) is 0 Å². The third-order valence-electron chi connectivity index (χ3n) is 7.08. The Balaban J connectivity index is 1.42. The number of benzene rings is 2. The lowest BCUT2D eigenvalue weighted by atomic mass is 9.99. The molecule has 248 valence electrons. The topological polar surface area (TPSA) is 323 Å². The van der Waals surface area contributed by atoms with Gasteiger partial charge in [0.25, 0.3) is 0 Å². The van der Waals surface area contributed by atoms with Crippen LogP contribution in [0.25, 0.3) is 0 Å². The monoisotopic (exact) mass is 646 g/mol. The smallest absolute Gasteiger partial charge is 0.338 e. The molecule has 2 fully saturated rings. The fourth-order valence-corrected chi connectivity index (χ4v) is 4.53. The van der Waals surface area contributed by atoms with Gasteiger partial charge in [0.05, 0.1) is 11.1 Å². The Morgan fingerprint density at radius 2 is 1.11 bits per heavy atom. The molecule has 12 N–H and O–H groups in total. The number of aliphatic hydroxyl groups is 6. The Bertz CT molecular complexity index is 1370. The molecule has 0 spiro atoms. The molecule has 0 aliphatic carbocycles. The summed E-state index contributed by atoms with van der Waals surface area (Å²) >= 11 is 0. The van der Waals surface area contributed by atoms with Crippen LogP contribution < -0.4 is 0 Å². The minimum Gasteiger partial charge on any atom is -0.504 e. The highest BCUT2D eigenvalue weighted by Crippen LogP contribution is 2.38. The van der Waals surface area contributed by atoms with E-state index in [1.54, 1.807) is 0 Å². The second kappa shape index (κ2) is 13.0. The molecule has 0 saturated carbocycles. The van der Waals surface area contributed by atoms with E-state index in [1.807, 2.05) is 0 Å². The maximum atomic E-state index is 12.4. The molecule has 0 radical (unpaired) electrons. The largest absolute Gasteiger partial charge is 0.504 e. The molecule has 2 aromatic rings. The summed E-state index contributed by atoms with van der Waals surface area (Å²) in [6.07, 6.45) is -15.2. The molecular formula is C26H30O19. The van der Waals surface area contributed by atoms with Gasteiger partial charge in [0, 0.05) is 0 Å². The number of esters is 2. The first-order valence-corrected chi connectivity index (χ1v) is 13.0. The molecule has 0 aromatic heterocycles. The standard InChI is InChI=1S/C26H30O19/c27-7-26(22(38)19(35)15(44-26)6-42-24(40)9-3-12(30)17(33)13(31)4-9)45-25-21(37)20(36)18(34)14(43-25)5-41-23(39)8-1-10(28)16(32)11(29)2-8/h1-4,14-15,18-22,25,27-38H,5-7H2/t14-,15-,18-,19-,20+,21-,22+,25-,26+/m1/s1. The summed E-state index contributed by atoms with van der Waals surface area (Å²) < 4.78 is 26.2. The van der Waals surface area contributed by atoms with E-state index < -0.39 is 132 Å². The predicted octanol–water partition coefficient (Wildman–Crippen LogP) is -3.43. The van der Waals surface area contributed by atoms with E-state index in [4.69, 9.17) is 23.7 Å². The van der Waals surface area contributed by atoms with E-state index in [0.29, 0.717) is 0 Å². The van der Waals surface area contributed by atoms with E-state index >= 15 is 0 Å². The summed E-state index contributed by atoms with van der Waals surface area (Å²) in [5.74, 6) is -10.1. The van der Waals surface area contributed by atoms with Crippen LogP contribution in [0.3, 0.4) is 0 Å². The van der Waals surface area contributed by atoms with Gasteiger partial charge in [0.2, 0.25) is 5.79 Å². The van der Waals surface area contributed by atoms with E-state index in [2.05, 4.69) is 0 Å². The van der Waals surface area contributed by atoms with Crippen molar-refractivity contribution in [3.05, 3.63) is 35.4 Å². The molecule has 19 heteroatoms. The van der Waals surface area contributed by atoms with Crippen LogP contribution in [0, 0.1) is 0 Å². The number of aromatic hydroxyl groups is 6. The van der Waals surface area contributed by atoms with Crippen molar-refractivity contribution in [1.29, 1.82) is 0 Å². The van der Waals surface area contributed by atoms with Gasteiger partial charge in [-0.2, -0.15) is 0 Å². The van der Waals surface area contributed by atoms with Gasteiger partial charge in [-0.05, 0) is 24.3 Å². The molecule has 9 atom stereocenters. The normalized spacial score (nSPS) is 31.4. The van der Waals surface area contributed by atoms with Crippen molar-refractivity contribution >= 4 is 11.9 Å². The Kier molecular flexibility index (Phi) is 9.77. The molecule has 0 unspecified atom stereocenters. The fourth-order valence-electron chi connectivity index (χ4n) is 4.53. The quantitative estimate of drug-likeness (QED) is 0.0931. The van der Waals surface area contributed by atoms with Crippen molar-refractivity contribution in [1.82, 2.24) is 0 Å². The number of hydrogen-bond donors (Lipinski definition) is 12. The van der Waals surface area contributed by atoms with Crippen LogP contribution >= 0.6 is 0 Å². The molecular weight excluding hydrogens is 616 g/mol. The van der Waals surface area contributed by atoms with Crippen LogP contribution in [0.4, 0.5) is 0 Å². The minimum absolute atomic E-state index is 0.419. The summed E-state index contributed by atoms with van der Waals surface area (Å²) in [6.45, 7) is -2.85. The molecule has 2 saturated heterocycles. The second-order valence-electron chi connectivity index (χ2n) is 10.1. The third-order valence-corrected chi connectivity index (χ3v) is 7.08. The Morgan fingerprint density at radius 1 is 0.667 bits per heavy atom. The van der Waals surface area contributed by atoms with Crippen LogP contribution in [0.1, 0.15) is 20.7 Å². The number of rotatable bonds is 9. The van der Waals surface area contributed by atoms with E-state index in [9.17, 15) is 70.9 Å². The number of phenolic OH excluding ortho intramolecular Hbond substituents is 6. The van der Waals surface area contributed by atoms with Gasteiger partial charge < -0.3 is 85.0 Å². The summed E-state index contributed by atoms with van der Waals surface area (Å²) in [6, 6.07) is 3.07. The summed E-state index contributed by atoms with van der Waals surface area (Å²) in [7, 11) is 0. The van der Waals surface area contributed by atoms with Gasteiger partial charge >= 0.3 is 11.9 Å². The van der Waals surface area contributed by atoms with Crippen molar-refractivity contribution in [2.75, 3.05) is 19.8 Å². The summed E-state index contributed by atoms with van der Waals surface area (Å²) in [4.78, 5) is 24.7. The van der Waals surface area contributed by atoms with Crippen molar-refractivity contribution in [3.63, 3.8) is 0 Å². The first-order chi connectivity index (χ1) is 21.1. The average molecular weight is 647 g/mol. The van der Waals surface area contributed by atoms with Crippen molar-refractivity contribution in [2.24, 2.45) is 0 Å². The molecule has 2 aliphatic heterocycles. The van der Waals surface area contributed by atoms with Crippen LogP contribution in [0.2, 0.25) is 0 Å². The molecule has 4 rings (SSSR count).